The van der Waals surface area contributed by atoms with Gasteiger partial charge in [0, 0.05) is 18.3 Å². The van der Waals surface area contributed by atoms with Crippen LogP contribution in [0.1, 0.15) is 12.1 Å². The smallest absolute Gasteiger partial charge is 0.126 e. The number of rotatable bonds is 2. The van der Waals surface area contributed by atoms with Gasteiger partial charge in [0.15, 0.2) is 0 Å². The Balaban J connectivity index is 0.000000980. The second-order valence-electron chi connectivity index (χ2n) is 3.50. The van der Waals surface area contributed by atoms with Crippen molar-refractivity contribution < 1.29 is 0 Å². The molecule has 0 unspecified atom stereocenters. The van der Waals surface area contributed by atoms with Gasteiger partial charge in [0.05, 0.1) is 0 Å². The average Bonchev–Trinajstić information content (AvgIpc) is 2.57. The van der Waals surface area contributed by atoms with Crippen LogP contribution in [0.2, 0.25) is 0 Å². The zero-order chi connectivity index (χ0) is 9.10. The van der Waals surface area contributed by atoms with Gasteiger partial charge in [-0.25, -0.2) is 4.98 Å². The summed E-state index contributed by atoms with van der Waals surface area (Å²) in [5, 5.41) is 6.72. The number of aromatic nitrogens is 1. The van der Waals surface area contributed by atoms with Crippen LogP contribution in [0, 0.1) is 6.92 Å². The molecule has 0 aromatic carbocycles. The largest absolute Gasteiger partial charge is 0.366 e. The Hall–Kier alpha value is -0.510. The molecule has 1 aromatic heterocycles. The molecule has 1 aliphatic rings. The second-order valence-corrected chi connectivity index (χ2v) is 3.50. The Morgan fingerprint density at radius 1 is 1.40 bits per heavy atom. The molecule has 1 atom stereocenters. The fraction of sp³-hybridized carbons (Fsp3) is 0.500. The molecule has 0 spiro atoms. The van der Waals surface area contributed by atoms with Crippen LogP contribution in [0.25, 0.3) is 0 Å². The summed E-state index contributed by atoms with van der Waals surface area (Å²) < 4.78 is 0. The molecule has 0 amide bonds. The van der Waals surface area contributed by atoms with Crippen molar-refractivity contribution in [3.05, 3.63) is 23.9 Å². The molecule has 1 saturated heterocycles. The van der Waals surface area contributed by atoms with E-state index in [1.807, 2.05) is 25.1 Å². The second kappa shape index (κ2) is 6.88. The minimum absolute atomic E-state index is 0. The number of nitrogens with one attached hydrogen (secondary N) is 2. The Bertz CT molecular complexity index is 288. The van der Waals surface area contributed by atoms with Gasteiger partial charge in [0.2, 0.25) is 0 Å². The average molecular weight is 250 g/mol. The van der Waals surface area contributed by atoms with Crippen molar-refractivity contribution in [2.45, 2.75) is 19.4 Å². The van der Waals surface area contributed by atoms with E-state index in [1.165, 1.54) is 6.42 Å². The summed E-state index contributed by atoms with van der Waals surface area (Å²) in [6, 6.07) is 6.62. The Labute approximate surface area is 103 Å². The van der Waals surface area contributed by atoms with Gasteiger partial charge in [-0.1, -0.05) is 6.07 Å². The van der Waals surface area contributed by atoms with Crippen LogP contribution in [0.15, 0.2) is 18.2 Å². The van der Waals surface area contributed by atoms with Crippen LogP contribution in [0.5, 0.6) is 0 Å². The van der Waals surface area contributed by atoms with Gasteiger partial charge in [0.25, 0.3) is 0 Å². The van der Waals surface area contributed by atoms with E-state index in [4.69, 9.17) is 0 Å². The van der Waals surface area contributed by atoms with Gasteiger partial charge in [-0.3, -0.25) is 0 Å². The van der Waals surface area contributed by atoms with Crippen molar-refractivity contribution in [3.63, 3.8) is 0 Å². The van der Waals surface area contributed by atoms with E-state index in [0.717, 1.165) is 24.6 Å². The first-order chi connectivity index (χ1) is 6.34. The molecule has 0 saturated carbocycles. The first-order valence-electron chi connectivity index (χ1n) is 4.75. The SMILES string of the molecule is Cc1cccc(N[C@H]2CCNC2)n1.Cl.Cl. The zero-order valence-electron chi connectivity index (χ0n) is 8.69. The molecule has 3 nitrogen and oxygen atoms in total. The van der Waals surface area contributed by atoms with Gasteiger partial charge in [-0.15, -0.1) is 24.8 Å². The van der Waals surface area contributed by atoms with Crippen molar-refractivity contribution in [3.8, 4) is 0 Å². The molecule has 2 rings (SSSR count). The maximum atomic E-state index is 4.40. The maximum Gasteiger partial charge on any atom is 0.126 e. The minimum atomic E-state index is 0. The zero-order valence-corrected chi connectivity index (χ0v) is 10.3. The molecular weight excluding hydrogens is 233 g/mol. The Kier molecular flexibility index (Phi) is 6.65. The molecule has 2 N–H and O–H groups in total. The van der Waals surface area contributed by atoms with Crippen LogP contribution in [0.3, 0.4) is 0 Å². The minimum Gasteiger partial charge on any atom is -0.366 e. The third-order valence-electron chi connectivity index (χ3n) is 2.30. The molecule has 2 heterocycles. The van der Waals surface area contributed by atoms with Crippen LogP contribution >= 0.6 is 24.8 Å². The normalized spacial score (nSPS) is 18.9. The first-order valence-corrected chi connectivity index (χ1v) is 4.75. The van der Waals surface area contributed by atoms with Crippen molar-refractivity contribution in [1.29, 1.82) is 0 Å². The van der Waals surface area contributed by atoms with E-state index in [0.29, 0.717) is 6.04 Å². The number of aryl methyl sites for hydroxylation is 1. The number of halogens is 2. The third kappa shape index (κ3) is 4.24. The molecule has 0 radical (unpaired) electrons. The summed E-state index contributed by atoms with van der Waals surface area (Å²) >= 11 is 0. The van der Waals surface area contributed by atoms with Crippen LogP contribution < -0.4 is 10.6 Å². The van der Waals surface area contributed by atoms with Crippen molar-refractivity contribution in [2.24, 2.45) is 0 Å². The fourth-order valence-corrected chi connectivity index (χ4v) is 1.61. The summed E-state index contributed by atoms with van der Waals surface area (Å²) in [5.41, 5.74) is 1.07. The standard InChI is InChI=1S/C10H15N3.2ClH/c1-8-3-2-4-10(12-8)13-9-5-6-11-7-9;;/h2-4,9,11H,5-7H2,1H3,(H,12,13);2*1H/t9-;;/m0../s1. The van der Waals surface area contributed by atoms with Crippen molar-refractivity contribution in [2.75, 3.05) is 18.4 Å². The highest BCUT2D eigenvalue weighted by Gasteiger charge is 2.13. The molecular formula is C10H17Cl2N3. The molecule has 0 aliphatic carbocycles. The van der Waals surface area contributed by atoms with Crippen LogP contribution in [-0.2, 0) is 0 Å². The number of hydrogen-bond acceptors (Lipinski definition) is 3. The van der Waals surface area contributed by atoms with Crippen LogP contribution in [-0.4, -0.2) is 24.1 Å². The highest BCUT2D eigenvalue weighted by atomic mass is 35.5. The lowest BCUT2D eigenvalue weighted by atomic mass is 10.2. The molecule has 5 heteroatoms. The fourth-order valence-electron chi connectivity index (χ4n) is 1.61. The number of pyridine rings is 1. The molecule has 1 fully saturated rings. The van der Waals surface area contributed by atoms with E-state index >= 15 is 0 Å². The lowest BCUT2D eigenvalue weighted by molar-refractivity contribution is 0.787. The maximum absolute atomic E-state index is 4.40. The molecule has 86 valence electrons. The van der Waals surface area contributed by atoms with Crippen molar-refractivity contribution in [1.82, 2.24) is 10.3 Å². The molecule has 15 heavy (non-hydrogen) atoms. The topological polar surface area (TPSA) is 37.0 Å². The summed E-state index contributed by atoms with van der Waals surface area (Å²) in [4.78, 5) is 4.40. The van der Waals surface area contributed by atoms with E-state index < -0.39 is 0 Å². The Morgan fingerprint density at radius 2 is 2.20 bits per heavy atom. The number of anilines is 1. The summed E-state index contributed by atoms with van der Waals surface area (Å²) in [6.45, 7) is 4.18. The van der Waals surface area contributed by atoms with Gasteiger partial charge < -0.3 is 10.6 Å². The van der Waals surface area contributed by atoms with Crippen molar-refractivity contribution >= 4 is 30.6 Å². The Morgan fingerprint density at radius 3 is 2.80 bits per heavy atom. The molecule has 1 aliphatic heterocycles. The summed E-state index contributed by atoms with van der Waals surface area (Å²) in [7, 11) is 0. The predicted molar refractivity (Wildman–Crippen MR) is 68.4 cm³/mol. The first kappa shape index (κ1) is 14.5. The van der Waals surface area contributed by atoms with E-state index in [2.05, 4.69) is 15.6 Å². The van der Waals surface area contributed by atoms with Gasteiger partial charge in [-0.05, 0) is 32.0 Å². The predicted octanol–water partition coefficient (Wildman–Crippen LogP) is 2.01. The lowest BCUT2D eigenvalue weighted by Crippen LogP contribution is -2.22. The number of nitrogens with zero attached hydrogens (tertiary/aromatic N) is 1. The highest BCUT2D eigenvalue weighted by molar-refractivity contribution is 5.85. The molecule has 1 aromatic rings. The summed E-state index contributed by atoms with van der Waals surface area (Å²) in [5.74, 6) is 0.994. The van der Waals surface area contributed by atoms with Gasteiger partial charge >= 0.3 is 0 Å². The van der Waals surface area contributed by atoms with E-state index in [9.17, 15) is 0 Å². The van der Waals surface area contributed by atoms with E-state index in [-0.39, 0.29) is 24.8 Å². The third-order valence-corrected chi connectivity index (χ3v) is 2.30. The highest BCUT2D eigenvalue weighted by Crippen LogP contribution is 2.08. The van der Waals surface area contributed by atoms with E-state index in [1.54, 1.807) is 0 Å². The monoisotopic (exact) mass is 249 g/mol. The van der Waals surface area contributed by atoms with Gasteiger partial charge in [0.1, 0.15) is 5.82 Å². The lowest BCUT2D eigenvalue weighted by Gasteiger charge is -2.11. The molecule has 0 bridgehead atoms. The van der Waals surface area contributed by atoms with Crippen LogP contribution in [0.4, 0.5) is 5.82 Å². The summed E-state index contributed by atoms with van der Waals surface area (Å²) in [6.07, 6.45) is 1.19. The number of hydrogen-bond donors (Lipinski definition) is 2. The quantitative estimate of drug-likeness (QED) is 0.843. The van der Waals surface area contributed by atoms with Gasteiger partial charge in [-0.2, -0.15) is 0 Å².